The molecule has 2 rings (SSSR count). The summed E-state index contributed by atoms with van der Waals surface area (Å²) in [5.41, 5.74) is 1.16. The van der Waals surface area contributed by atoms with Crippen LogP contribution in [-0.2, 0) is 6.42 Å². The number of guanidine groups is 1. The fourth-order valence-corrected chi connectivity index (χ4v) is 3.62. The van der Waals surface area contributed by atoms with Gasteiger partial charge in [0.2, 0.25) is 0 Å². The van der Waals surface area contributed by atoms with E-state index in [0.29, 0.717) is 6.04 Å². The molecule has 1 aromatic rings. The molecule has 124 valence electrons. The highest BCUT2D eigenvalue weighted by Crippen LogP contribution is 2.15. The molecule has 22 heavy (non-hydrogen) atoms. The maximum atomic E-state index is 4.49. The van der Waals surface area contributed by atoms with Crippen molar-refractivity contribution in [3.8, 4) is 0 Å². The van der Waals surface area contributed by atoms with Gasteiger partial charge < -0.3 is 10.6 Å². The summed E-state index contributed by atoms with van der Waals surface area (Å²) in [7, 11) is 1.83. The van der Waals surface area contributed by atoms with E-state index in [1.807, 2.05) is 14.0 Å². The molecule has 1 fully saturated rings. The maximum Gasteiger partial charge on any atom is 0.191 e. The molecule has 2 heterocycles. The third-order valence-corrected chi connectivity index (χ3v) is 5.05. The van der Waals surface area contributed by atoms with Crippen molar-refractivity contribution in [3.05, 3.63) is 16.1 Å². The van der Waals surface area contributed by atoms with E-state index in [1.54, 1.807) is 11.3 Å². The quantitative estimate of drug-likeness (QED) is 0.621. The zero-order valence-corrected chi connectivity index (χ0v) is 14.9. The van der Waals surface area contributed by atoms with Crippen LogP contribution in [0.2, 0.25) is 0 Å². The van der Waals surface area contributed by atoms with Crippen LogP contribution in [0.3, 0.4) is 0 Å². The third kappa shape index (κ3) is 5.25. The van der Waals surface area contributed by atoms with Crippen molar-refractivity contribution in [1.29, 1.82) is 0 Å². The van der Waals surface area contributed by atoms with Crippen molar-refractivity contribution in [3.63, 3.8) is 0 Å². The molecule has 0 spiro atoms. The molecule has 0 amide bonds. The summed E-state index contributed by atoms with van der Waals surface area (Å²) in [6.07, 6.45) is 4.91. The van der Waals surface area contributed by atoms with Crippen LogP contribution in [0.4, 0.5) is 0 Å². The van der Waals surface area contributed by atoms with Gasteiger partial charge in [-0.2, -0.15) is 0 Å². The highest BCUT2D eigenvalue weighted by molar-refractivity contribution is 7.09. The molecule has 1 unspecified atom stereocenters. The number of likely N-dealkylation sites (tertiary alicyclic amines) is 1. The Morgan fingerprint density at radius 3 is 3.00 bits per heavy atom. The topological polar surface area (TPSA) is 52.5 Å². The Balaban J connectivity index is 1.70. The van der Waals surface area contributed by atoms with E-state index in [9.17, 15) is 0 Å². The van der Waals surface area contributed by atoms with E-state index in [0.717, 1.165) is 42.7 Å². The first-order chi connectivity index (χ1) is 10.7. The van der Waals surface area contributed by atoms with Crippen LogP contribution >= 0.6 is 11.3 Å². The van der Waals surface area contributed by atoms with Gasteiger partial charge in [0, 0.05) is 38.0 Å². The average molecular weight is 324 g/mol. The first-order valence-corrected chi connectivity index (χ1v) is 9.20. The minimum atomic E-state index is 0.637. The van der Waals surface area contributed by atoms with Gasteiger partial charge in [-0.15, -0.1) is 11.3 Å². The fourth-order valence-electron chi connectivity index (χ4n) is 2.97. The van der Waals surface area contributed by atoms with Gasteiger partial charge in [0.25, 0.3) is 0 Å². The normalized spacial score (nSPS) is 20.1. The lowest BCUT2D eigenvalue weighted by Crippen LogP contribution is -2.49. The minimum absolute atomic E-state index is 0.637. The molecule has 1 aliphatic rings. The van der Waals surface area contributed by atoms with Gasteiger partial charge in [-0.05, 0) is 32.9 Å². The third-order valence-electron chi connectivity index (χ3n) is 4.22. The van der Waals surface area contributed by atoms with E-state index in [2.05, 4.69) is 37.8 Å². The summed E-state index contributed by atoms with van der Waals surface area (Å²) >= 11 is 1.71. The van der Waals surface area contributed by atoms with E-state index in [4.69, 9.17) is 0 Å². The molecule has 6 heteroatoms. The molecule has 0 radical (unpaired) electrons. The second-order valence-corrected chi connectivity index (χ2v) is 6.83. The number of nitrogens with one attached hydrogen (secondary N) is 2. The summed E-state index contributed by atoms with van der Waals surface area (Å²) in [6.45, 7) is 8.51. The lowest BCUT2D eigenvalue weighted by Gasteiger charge is -2.35. The number of hydrogen-bond acceptors (Lipinski definition) is 4. The molecule has 0 aromatic carbocycles. The molecule has 5 nitrogen and oxygen atoms in total. The lowest BCUT2D eigenvalue weighted by molar-refractivity contribution is 0.157. The first kappa shape index (κ1) is 17.2. The summed E-state index contributed by atoms with van der Waals surface area (Å²) in [4.78, 5) is 11.4. The highest BCUT2D eigenvalue weighted by Gasteiger charge is 2.20. The van der Waals surface area contributed by atoms with Crippen molar-refractivity contribution in [2.45, 2.75) is 45.6 Å². The summed E-state index contributed by atoms with van der Waals surface area (Å²) < 4.78 is 0. The Morgan fingerprint density at radius 2 is 2.32 bits per heavy atom. The number of piperidine rings is 1. The average Bonchev–Trinajstić information content (AvgIpc) is 2.96. The molecule has 1 aliphatic heterocycles. The number of aromatic nitrogens is 1. The standard InChI is InChI=1S/C16H29N5S/c1-4-21-10-6-5-7-15(21)11-19-16(17-3)18-9-8-14-12-22-13(2)20-14/h12,15H,4-11H2,1-3H3,(H2,17,18,19). The van der Waals surface area contributed by atoms with Crippen molar-refractivity contribution in [2.24, 2.45) is 4.99 Å². The minimum Gasteiger partial charge on any atom is -0.356 e. The Hall–Kier alpha value is -1.14. The SMILES string of the molecule is CCN1CCCCC1CNC(=NC)NCCc1csc(C)n1. The number of hydrogen-bond donors (Lipinski definition) is 2. The van der Waals surface area contributed by atoms with Gasteiger partial charge in [-0.25, -0.2) is 4.98 Å². The number of nitrogens with zero attached hydrogens (tertiary/aromatic N) is 3. The van der Waals surface area contributed by atoms with Crippen molar-refractivity contribution >= 4 is 17.3 Å². The molecule has 0 bridgehead atoms. The zero-order chi connectivity index (χ0) is 15.8. The second-order valence-electron chi connectivity index (χ2n) is 5.77. The van der Waals surface area contributed by atoms with Crippen LogP contribution in [0.25, 0.3) is 0 Å². The Morgan fingerprint density at radius 1 is 1.45 bits per heavy atom. The predicted octanol–water partition coefficient (Wildman–Crippen LogP) is 2.03. The van der Waals surface area contributed by atoms with Crippen LogP contribution in [0, 0.1) is 6.92 Å². The fraction of sp³-hybridized carbons (Fsp3) is 0.750. The number of aryl methyl sites for hydroxylation is 1. The number of rotatable bonds is 6. The van der Waals surface area contributed by atoms with Crippen LogP contribution < -0.4 is 10.6 Å². The van der Waals surface area contributed by atoms with Gasteiger partial charge in [0.15, 0.2) is 5.96 Å². The number of aliphatic imine (C=N–C) groups is 1. The Labute approximate surface area is 138 Å². The maximum absolute atomic E-state index is 4.49. The highest BCUT2D eigenvalue weighted by atomic mass is 32.1. The Kier molecular flexibility index (Phi) is 7.12. The lowest BCUT2D eigenvalue weighted by atomic mass is 10.0. The van der Waals surface area contributed by atoms with E-state index in [1.165, 1.54) is 25.8 Å². The van der Waals surface area contributed by atoms with Gasteiger partial charge in [0.1, 0.15) is 0 Å². The summed E-state index contributed by atoms with van der Waals surface area (Å²) in [5.74, 6) is 0.897. The monoisotopic (exact) mass is 323 g/mol. The largest absolute Gasteiger partial charge is 0.356 e. The Bertz CT molecular complexity index is 471. The van der Waals surface area contributed by atoms with Crippen LogP contribution in [-0.4, -0.2) is 55.1 Å². The van der Waals surface area contributed by atoms with Crippen LogP contribution in [0.5, 0.6) is 0 Å². The van der Waals surface area contributed by atoms with E-state index < -0.39 is 0 Å². The van der Waals surface area contributed by atoms with Crippen LogP contribution in [0.15, 0.2) is 10.4 Å². The van der Waals surface area contributed by atoms with Crippen molar-refractivity contribution in [1.82, 2.24) is 20.5 Å². The molecule has 1 aromatic heterocycles. The van der Waals surface area contributed by atoms with Gasteiger partial charge in [-0.3, -0.25) is 9.89 Å². The molecule has 2 N–H and O–H groups in total. The van der Waals surface area contributed by atoms with Gasteiger partial charge in [-0.1, -0.05) is 13.3 Å². The molecular formula is C16H29N5S. The predicted molar refractivity (Wildman–Crippen MR) is 94.8 cm³/mol. The van der Waals surface area contributed by atoms with Gasteiger partial charge in [0.05, 0.1) is 10.7 Å². The second kappa shape index (κ2) is 9.10. The van der Waals surface area contributed by atoms with E-state index >= 15 is 0 Å². The zero-order valence-electron chi connectivity index (χ0n) is 14.1. The van der Waals surface area contributed by atoms with Crippen LogP contribution in [0.1, 0.15) is 36.9 Å². The summed E-state index contributed by atoms with van der Waals surface area (Å²) in [6, 6.07) is 0.637. The van der Waals surface area contributed by atoms with E-state index in [-0.39, 0.29) is 0 Å². The molecule has 1 saturated heterocycles. The molecule has 0 aliphatic carbocycles. The number of likely N-dealkylation sites (N-methyl/N-ethyl adjacent to an activating group) is 1. The van der Waals surface area contributed by atoms with Crippen molar-refractivity contribution < 1.29 is 0 Å². The first-order valence-electron chi connectivity index (χ1n) is 8.32. The van der Waals surface area contributed by atoms with Gasteiger partial charge >= 0.3 is 0 Å². The summed E-state index contributed by atoms with van der Waals surface area (Å²) in [5, 5.41) is 10.1. The smallest absolute Gasteiger partial charge is 0.191 e. The molecular weight excluding hydrogens is 294 g/mol. The number of thiazole rings is 1. The molecule has 0 saturated carbocycles. The molecule has 1 atom stereocenters. The van der Waals surface area contributed by atoms with Crippen molar-refractivity contribution in [2.75, 3.05) is 33.2 Å².